The summed E-state index contributed by atoms with van der Waals surface area (Å²) in [6.45, 7) is 13.6. The van der Waals surface area contributed by atoms with Gasteiger partial charge < -0.3 is 39.4 Å². The summed E-state index contributed by atoms with van der Waals surface area (Å²) in [5.41, 5.74) is -0.624. The van der Waals surface area contributed by atoms with Crippen LogP contribution in [0.5, 0.6) is 0 Å². The van der Waals surface area contributed by atoms with Gasteiger partial charge in [-0.15, -0.1) is 0 Å². The van der Waals surface area contributed by atoms with Gasteiger partial charge in [-0.1, -0.05) is 53.2 Å². The average Bonchev–Trinajstić information content (AvgIpc) is 3.02. The van der Waals surface area contributed by atoms with E-state index < -0.39 is 59.6 Å². The number of carboxylic acid groups (broad SMARTS) is 1. The fourth-order valence-electron chi connectivity index (χ4n) is 12.1. The second kappa shape index (κ2) is 11.3. The van der Waals surface area contributed by atoms with Crippen LogP contribution in [0.2, 0.25) is 0 Å². The molecule has 264 valence electrons. The highest BCUT2D eigenvalue weighted by molar-refractivity contribution is 5.77. The molecule has 0 spiro atoms. The number of carboxylic acids is 1. The Hall–Kier alpha value is -1.85. The number of esters is 1. The zero-order valence-corrected chi connectivity index (χ0v) is 29.2. The second-order valence-corrected chi connectivity index (χ2v) is 17.7. The van der Waals surface area contributed by atoms with E-state index in [1.165, 1.54) is 5.57 Å². The number of hydrogen-bond donors (Lipinski definition) is 4. The molecule has 1 saturated heterocycles. The van der Waals surface area contributed by atoms with Crippen molar-refractivity contribution in [2.24, 2.45) is 50.2 Å². The van der Waals surface area contributed by atoms with Crippen LogP contribution >= 0.6 is 0 Å². The Balaban J connectivity index is 1.31. The van der Waals surface area contributed by atoms with Crippen molar-refractivity contribution in [3.63, 3.8) is 0 Å². The summed E-state index contributed by atoms with van der Waals surface area (Å²) in [6, 6.07) is 0. The largest absolute Gasteiger partial charge is 0.481 e. The van der Waals surface area contributed by atoms with Gasteiger partial charge in [0.15, 0.2) is 12.4 Å². The number of hydrogen-bond acceptors (Lipinski definition) is 9. The molecule has 6 aliphatic rings. The second-order valence-electron chi connectivity index (χ2n) is 17.7. The number of ether oxygens (including phenoxy) is 3. The van der Waals surface area contributed by atoms with Crippen LogP contribution in [0.1, 0.15) is 106 Å². The summed E-state index contributed by atoms with van der Waals surface area (Å²) in [6.07, 6.45) is 2.67. The number of aliphatic carboxylic acids is 1. The van der Waals surface area contributed by atoms with Gasteiger partial charge in [-0.05, 0) is 104 Å². The van der Waals surface area contributed by atoms with Crippen molar-refractivity contribution in [2.45, 2.75) is 143 Å². The van der Waals surface area contributed by atoms with Gasteiger partial charge in [0.25, 0.3) is 0 Å². The zero-order valence-electron chi connectivity index (χ0n) is 29.2. The molecule has 10 nitrogen and oxygen atoms in total. The number of fused-ring (bicyclic) bond motifs is 7. The summed E-state index contributed by atoms with van der Waals surface area (Å²) < 4.78 is 16.7. The van der Waals surface area contributed by atoms with Gasteiger partial charge >= 0.3 is 11.9 Å². The first kappa shape index (κ1) is 35.0. The molecule has 0 aromatic rings. The van der Waals surface area contributed by atoms with E-state index in [0.717, 1.165) is 64.8 Å². The fraction of sp³-hybridized carbons (Fsp3) is 0.865. The molecule has 5 fully saturated rings. The van der Waals surface area contributed by atoms with Crippen LogP contribution in [0.3, 0.4) is 0 Å². The van der Waals surface area contributed by atoms with Crippen LogP contribution < -0.4 is 0 Å². The lowest BCUT2D eigenvalue weighted by Crippen LogP contribution is -2.67. The van der Waals surface area contributed by atoms with Gasteiger partial charge in [0.1, 0.15) is 24.6 Å². The molecule has 14 atom stereocenters. The number of methoxy groups -OCH3 is 1. The van der Waals surface area contributed by atoms with E-state index in [1.807, 2.05) is 6.92 Å². The third-order valence-corrected chi connectivity index (χ3v) is 15.3. The first-order valence-corrected chi connectivity index (χ1v) is 17.7. The molecule has 14 unspecified atom stereocenters. The fourth-order valence-corrected chi connectivity index (χ4v) is 12.1. The van der Waals surface area contributed by atoms with E-state index >= 15 is 0 Å². The predicted octanol–water partition coefficient (Wildman–Crippen LogP) is 4.42. The number of carbonyl (C=O) groups is 3. The van der Waals surface area contributed by atoms with Crippen LogP contribution in [-0.4, -0.2) is 82.6 Å². The predicted molar refractivity (Wildman–Crippen MR) is 171 cm³/mol. The maximum atomic E-state index is 13.2. The Morgan fingerprint density at radius 3 is 2.21 bits per heavy atom. The molecule has 4 saturated carbocycles. The van der Waals surface area contributed by atoms with E-state index in [4.69, 9.17) is 14.2 Å². The standard InChI is InChI=1S/C37H56O10/c1-32(2)14-16-37(31(43)44)17-15-35(5)20(21(37)18-32)8-9-23-33(3)12-11-24(34(4,19-38)22(33)10-13-36(23,35)6)46-30-27(41)25(39)26(40)28(47-30)29(42)45-7/h8,19,21-28,30,39-41H,9-18H2,1-7H3,(H,43,44). The highest BCUT2D eigenvalue weighted by Crippen LogP contribution is 2.75. The molecular weight excluding hydrogens is 604 g/mol. The normalized spacial score (nSPS) is 52.0. The Morgan fingerprint density at radius 1 is 0.894 bits per heavy atom. The van der Waals surface area contributed by atoms with Gasteiger partial charge in [0, 0.05) is 0 Å². The van der Waals surface area contributed by atoms with Crippen molar-refractivity contribution in [1.82, 2.24) is 0 Å². The van der Waals surface area contributed by atoms with Crippen molar-refractivity contribution in [1.29, 1.82) is 0 Å². The van der Waals surface area contributed by atoms with Crippen LogP contribution in [0, 0.1) is 50.2 Å². The Labute approximate surface area is 278 Å². The molecule has 0 amide bonds. The van der Waals surface area contributed by atoms with Crippen LogP contribution in [0.4, 0.5) is 0 Å². The minimum atomic E-state index is -1.70. The summed E-state index contributed by atoms with van der Waals surface area (Å²) in [5, 5.41) is 42.3. The van der Waals surface area contributed by atoms with E-state index in [1.54, 1.807) is 0 Å². The average molecular weight is 661 g/mol. The Morgan fingerprint density at radius 2 is 1.57 bits per heavy atom. The molecule has 1 heterocycles. The monoisotopic (exact) mass is 660 g/mol. The molecule has 5 aliphatic carbocycles. The SMILES string of the molecule is COC(=O)C1OC(OC2CCC3(C)C(CCC4(C)C3CC=C3C5CC(C)(C)CCC5(C(=O)O)CCC34C)C2(C)C=O)C(O)C(O)C1O. The van der Waals surface area contributed by atoms with Crippen molar-refractivity contribution in [2.75, 3.05) is 7.11 Å². The van der Waals surface area contributed by atoms with E-state index in [0.29, 0.717) is 12.8 Å². The third-order valence-electron chi connectivity index (χ3n) is 15.3. The molecule has 1 aliphatic heterocycles. The van der Waals surface area contributed by atoms with E-state index in [2.05, 4.69) is 40.7 Å². The van der Waals surface area contributed by atoms with Crippen LogP contribution in [-0.2, 0) is 28.6 Å². The Kier molecular flexibility index (Phi) is 8.44. The highest BCUT2D eigenvalue weighted by Gasteiger charge is 2.70. The van der Waals surface area contributed by atoms with Crippen molar-refractivity contribution >= 4 is 18.2 Å². The third kappa shape index (κ3) is 4.78. The smallest absolute Gasteiger partial charge is 0.337 e. The van der Waals surface area contributed by atoms with Crippen LogP contribution in [0.15, 0.2) is 11.6 Å². The Bertz CT molecular complexity index is 1330. The summed E-state index contributed by atoms with van der Waals surface area (Å²) in [7, 11) is 1.14. The lowest BCUT2D eigenvalue weighted by molar-refractivity contribution is -0.321. The van der Waals surface area contributed by atoms with Crippen LogP contribution in [0.25, 0.3) is 0 Å². The lowest BCUT2D eigenvalue weighted by atomic mass is 9.33. The van der Waals surface area contributed by atoms with Gasteiger partial charge in [-0.25, -0.2) is 4.79 Å². The maximum absolute atomic E-state index is 13.2. The van der Waals surface area contributed by atoms with Gasteiger partial charge in [0.2, 0.25) is 0 Å². The molecule has 0 aromatic carbocycles. The summed E-state index contributed by atoms with van der Waals surface area (Å²) >= 11 is 0. The van der Waals surface area contributed by atoms with Crippen molar-refractivity contribution < 1.29 is 49.0 Å². The number of aliphatic hydroxyl groups excluding tert-OH is 3. The number of aldehydes is 1. The molecule has 10 heteroatoms. The number of aliphatic hydroxyl groups is 3. The van der Waals surface area contributed by atoms with Crippen molar-refractivity contribution in [3.8, 4) is 0 Å². The molecule has 0 radical (unpaired) electrons. The van der Waals surface area contributed by atoms with E-state index in [-0.39, 0.29) is 39.4 Å². The van der Waals surface area contributed by atoms with Gasteiger partial charge in [-0.2, -0.15) is 0 Å². The van der Waals surface area contributed by atoms with Gasteiger partial charge in [-0.3, -0.25) is 4.79 Å². The summed E-state index contributed by atoms with van der Waals surface area (Å²) in [5.74, 6) is -1.27. The quantitative estimate of drug-likeness (QED) is 0.144. The minimum absolute atomic E-state index is 0.0276. The topological polar surface area (TPSA) is 160 Å². The number of allylic oxidation sites excluding steroid dienone is 2. The first-order valence-electron chi connectivity index (χ1n) is 17.7. The minimum Gasteiger partial charge on any atom is -0.481 e. The summed E-state index contributed by atoms with van der Waals surface area (Å²) in [4.78, 5) is 38.4. The zero-order chi connectivity index (χ0) is 34.5. The molecule has 47 heavy (non-hydrogen) atoms. The first-order chi connectivity index (χ1) is 21.8. The number of carbonyl (C=O) groups excluding carboxylic acids is 2. The lowest BCUT2D eigenvalue weighted by Gasteiger charge is -2.71. The highest BCUT2D eigenvalue weighted by atomic mass is 16.7. The number of rotatable bonds is 5. The van der Waals surface area contributed by atoms with Gasteiger partial charge in [0.05, 0.1) is 24.0 Å². The van der Waals surface area contributed by atoms with E-state index in [9.17, 15) is 34.8 Å². The molecular formula is C37H56O10. The maximum Gasteiger partial charge on any atom is 0.337 e. The van der Waals surface area contributed by atoms with Crippen molar-refractivity contribution in [3.05, 3.63) is 11.6 Å². The molecule has 6 rings (SSSR count). The molecule has 0 aromatic heterocycles. The molecule has 0 bridgehead atoms. The molecule has 4 N–H and O–H groups in total.